The van der Waals surface area contributed by atoms with Crippen LogP contribution in [0.3, 0.4) is 0 Å². The molecule has 22 heavy (non-hydrogen) atoms. The van der Waals surface area contributed by atoms with Crippen molar-refractivity contribution in [3.8, 4) is 0 Å². The number of rotatable bonds is 5. The Morgan fingerprint density at radius 2 is 1.00 bits per heavy atom. The van der Waals surface area contributed by atoms with Gasteiger partial charge in [0.25, 0.3) is 11.8 Å². The standard InChI is InChI=1S/C16H28N2O4/c19-13(15(21)17-11-7-3-1-4-8-11)14(20)16(22)18-12-9-5-2-6-10-12/h11-14,19-20H,1-10H2,(H,17,21)(H,18,22)/t13-,14+. The van der Waals surface area contributed by atoms with Crippen molar-refractivity contribution in [1.82, 2.24) is 10.6 Å². The van der Waals surface area contributed by atoms with E-state index >= 15 is 0 Å². The van der Waals surface area contributed by atoms with Crippen LogP contribution in [0.2, 0.25) is 0 Å². The molecule has 6 nitrogen and oxygen atoms in total. The molecule has 2 rings (SSSR count). The fourth-order valence-corrected chi connectivity index (χ4v) is 3.35. The van der Waals surface area contributed by atoms with E-state index < -0.39 is 24.0 Å². The van der Waals surface area contributed by atoms with Crippen LogP contribution in [0.1, 0.15) is 64.2 Å². The summed E-state index contributed by atoms with van der Waals surface area (Å²) in [5, 5.41) is 25.2. The lowest BCUT2D eigenvalue weighted by molar-refractivity contribution is -0.147. The van der Waals surface area contributed by atoms with Crippen molar-refractivity contribution in [2.75, 3.05) is 0 Å². The van der Waals surface area contributed by atoms with Crippen LogP contribution >= 0.6 is 0 Å². The second-order valence-electron chi connectivity index (χ2n) is 6.58. The molecule has 0 unspecified atom stereocenters. The smallest absolute Gasteiger partial charge is 0.252 e. The first-order valence-electron chi connectivity index (χ1n) is 8.55. The van der Waals surface area contributed by atoms with E-state index in [0.717, 1.165) is 51.4 Å². The normalized spacial score (nSPS) is 23.5. The summed E-state index contributed by atoms with van der Waals surface area (Å²) in [5.74, 6) is -1.31. The monoisotopic (exact) mass is 312 g/mol. The molecule has 0 aromatic rings. The minimum absolute atomic E-state index is 0.0458. The zero-order chi connectivity index (χ0) is 15.9. The number of carbonyl (C=O) groups is 2. The molecule has 0 aromatic carbocycles. The molecule has 0 saturated heterocycles. The maximum Gasteiger partial charge on any atom is 0.252 e. The van der Waals surface area contributed by atoms with E-state index in [1.807, 2.05) is 0 Å². The van der Waals surface area contributed by atoms with Crippen molar-refractivity contribution in [3.63, 3.8) is 0 Å². The minimum atomic E-state index is -1.70. The van der Waals surface area contributed by atoms with Crippen molar-refractivity contribution < 1.29 is 19.8 Å². The van der Waals surface area contributed by atoms with Gasteiger partial charge in [-0.15, -0.1) is 0 Å². The lowest BCUT2D eigenvalue weighted by atomic mass is 9.94. The van der Waals surface area contributed by atoms with Gasteiger partial charge in [0.1, 0.15) is 0 Å². The second kappa shape index (κ2) is 8.48. The van der Waals surface area contributed by atoms with Gasteiger partial charge in [0.05, 0.1) is 0 Å². The van der Waals surface area contributed by atoms with Gasteiger partial charge in [-0.2, -0.15) is 0 Å². The van der Waals surface area contributed by atoms with Gasteiger partial charge in [-0.1, -0.05) is 38.5 Å². The molecule has 2 saturated carbocycles. The van der Waals surface area contributed by atoms with Crippen LogP contribution in [0.5, 0.6) is 0 Å². The Labute approximate surface area is 131 Å². The Hall–Kier alpha value is -1.14. The first-order valence-corrected chi connectivity index (χ1v) is 8.55. The Kier molecular flexibility index (Phi) is 6.64. The van der Waals surface area contributed by atoms with Gasteiger partial charge in [0.2, 0.25) is 0 Å². The number of amides is 2. The molecule has 0 heterocycles. The molecular weight excluding hydrogens is 284 g/mol. The zero-order valence-corrected chi connectivity index (χ0v) is 13.1. The fraction of sp³-hybridized carbons (Fsp3) is 0.875. The van der Waals surface area contributed by atoms with E-state index in [2.05, 4.69) is 10.6 Å². The molecule has 0 aliphatic heterocycles. The number of carbonyl (C=O) groups excluding carboxylic acids is 2. The molecule has 0 spiro atoms. The van der Waals surface area contributed by atoms with Gasteiger partial charge in [0, 0.05) is 12.1 Å². The molecule has 6 heteroatoms. The van der Waals surface area contributed by atoms with Crippen LogP contribution in [0, 0.1) is 0 Å². The molecule has 2 aliphatic carbocycles. The van der Waals surface area contributed by atoms with E-state index in [-0.39, 0.29) is 12.1 Å². The van der Waals surface area contributed by atoms with Crippen LogP contribution in [-0.4, -0.2) is 46.3 Å². The van der Waals surface area contributed by atoms with E-state index in [4.69, 9.17) is 0 Å². The lowest BCUT2D eigenvalue weighted by Crippen LogP contribution is -2.53. The average Bonchev–Trinajstić information content (AvgIpc) is 2.55. The molecule has 126 valence electrons. The number of hydrogen-bond donors (Lipinski definition) is 4. The highest BCUT2D eigenvalue weighted by Crippen LogP contribution is 2.18. The van der Waals surface area contributed by atoms with Crippen molar-refractivity contribution in [2.45, 2.75) is 88.5 Å². The molecule has 2 atom stereocenters. The maximum absolute atomic E-state index is 11.9. The van der Waals surface area contributed by atoms with Gasteiger partial charge in [-0.3, -0.25) is 9.59 Å². The van der Waals surface area contributed by atoms with Crippen molar-refractivity contribution >= 4 is 11.8 Å². The maximum atomic E-state index is 11.9. The van der Waals surface area contributed by atoms with Gasteiger partial charge in [0.15, 0.2) is 12.2 Å². The predicted octanol–water partition coefficient (Wildman–Crippen LogP) is 0.606. The van der Waals surface area contributed by atoms with E-state index in [1.165, 1.54) is 12.8 Å². The first-order chi connectivity index (χ1) is 10.6. The Balaban J connectivity index is 1.77. The molecule has 0 radical (unpaired) electrons. The summed E-state index contributed by atoms with van der Waals surface area (Å²) in [7, 11) is 0. The average molecular weight is 312 g/mol. The van der Waals surface area contributed by atoms with E-state index in [1.54, 1.807) is 0 Å². The number of aliphatic hydroxyl groups excluding tert-OH is 2. The van der Waals surface area contributed by atoms with Crippen molar-refractivity contribution in [1.29, 1.82) is 0 Å². The van der Waals surface area contributed by atoms with Gasteiger partial charge >= 0.3 is 0 Å². The third-order valence-corrected chi connectivity index (χ3v) is 4.74. The lowest BCUT2D eigenvalue weighted by Gasteiger charge is -2.27. The third-order valence-electron chi connectivity index (χ3n) is 4.74. The van der Waals surface area contributed by atoms with Crippen molar-refractivity contribution in [2.24, 2.45) is 0 Å². The highest BCUT2D eigenvalue weighted by Gasteiger charge is 2.32. The molecule has 2 fully saturated rings. The number of nitrogens with one attached hydrogen (secondary N) is 2. The summed E-state index contributed by atoms with van der Waals surface area (Å²) in [6.45, 7) is 0. The summed E-state index contributed by atoms with van der Waals surface area (Å²) in [5.41, 5.74) is 0. The largest absolute Gasteiger partial charge is 0.380 e. The first kappa shape index (κ1) is 17.2. The van der Waals surface area contributed by atoms with Crippen LogP contribution in [0.15, 0.2) is 0 Å². The van der Waals surface area contributed by atoms with E-state index in [9.17, 15) is 19.8 Å². The summed E-state index contributed by atoms with van der Waals surface area (Å²) in [4.78, 5) is 23.9. The Bertz CT molecular complexity index is 340. The van der Waals surface area contributed by atoms with Crippen LogP contribution in [0.4, 0.5) is 0 Å². The summed E-state index contributed by atoms with van der Waals surface area (Å²) >= 11 is 0. The summed E-state index contributed by atoms with van der Waals surface area (Å²) in [6, 6.07) is 0.0917. The van der Waals surface area contributed by atoms with Crippen LogP contribution in [-0.2, 0) is 9.59 Å². The second-order valence-corrected chi connectivity index (χ2v) is 6.58. The molecule has 2 aliphatic rings. The predicted molar refractivity (Wildman–Crippen MR) is 82.0 cm³/mol. The minimum Gasteiger partial charge on any atom is -0.380 e. The Morgan fingerprint density at radius 1 is 0.682 bits per heavy atom. The number of hydrogen-bond acceptors (Lipinski definition) is 4. The molecule has 2 amide bonds. The van der Waals surface area contributed by atoms with Crippen LogP contribution < -0.4 is 10.6 Å². The summed E-state index contributed by atoms with van der Waals surface area (Å²) < 4.78 is 0. The highest BCUT2D eigenvalue weighted by atomic mass is 16.3. The molecular formula is C16H28N2O4. The topological polar surface area (TPSA) is 98.7 Å². The number of aliphatic hydroxyl groups is 2. The molecule has 4 N–H and O–H groups in total. The third kappa shape index (κ3) is 4.95. The van der Waals surface area contributed by atoms with E-state index in [0.29, 0.717) is 0 Å². The summed E-state index contributed by atoms with van der Waals surface area (Å²) in [6.07, 6.45) is 6.74. The zero-order valence-electron chi connectivity index (χ0n) is 13.1. The molecule has 0 bridgehead atoms. The van der Waals surface area contributed by atoms with Crippen LogP contribution in [0.25, 0.3) is 0 Å². The van der Waals surface area contributed by atoms with Gasteiger partial charge < -0.3 is 20.8 Å². The van der Waals surface area contributed by atoms with Gasteiger partial charge in [-0.25, -0.2) is 0 Å². The highest BCUT2D eigenvalue weighted by molar-refractivity contribution is 5.90. The SMILES string of the molecule is O=C(NC1CCCCC1)[C@@H](O)[C@@H](O)C(=O)NC1CCCCC1. The Morgan fingerprint density at radius 3 is 1.32 bits per heavy atom. The van der Waals surface area contributed by atoms with Gasteiger partial charge in [-0.05, 0) is 25.7 Å². The quantitative estimate of drug-likeness (QED) is 0.597. The molecule has 0 aromatic heterocycles. The van der Waals surface area contributed by atoms with Crippen molar-refractivity contribution in [3.05, 3.63) is 0 Å². The fourth-order valence-electron chi connectivity index (χ4n) is 3.35.